The zero-order chi connectivity index (χ0) is 14.3. The fourth-order valence-corrected chi connectivity index (χ4v) is 4.87. The van der Waals surface area contributed by atoms with E-state index in [0.29, 0.717) is 15.2 Å². The molecule has 0 aliphatic carbocycles. The molecule has 0 saturated heterocycles. The van der Waals surface area contributed by atoms with E-state index in [2.05, 4.69) is 27.7 Å². The topological polar surface area (TPSA) is 0 Å². The molecule has 0 aliphatic rings. The zero-order valence-corrected chi connectivity index (χ0v) is 15.4. The van der Waals surface area contributed by atoms with Gasteiger partial charge in [-0.25, -0.2) is 0 Å². The van der Waals surface area contributed by atoms with Crippen LogP contribution in [0.15, 0.2) is 0 Å². The number of unbranched alkanes of at least 4 members (excludes halogenated alkanes) is 8. The minimum atomic E-state index is 0. The van der Waals surface area contributed by atoms with Crippen molar-refractivity contribution in [2.45, 2.75) is 114 Å². The molecule has 1 heteroatoms. The quantitative estimate of drug-likeness (QED) is 0.234. The maximum atomic E-state index is 2.50. The first-order valence-electron chi connectivity index (χ1n) is 9.05. The molecule has 0 N–H and O–H groups in total. The Kier molecular flexibility index (Phi) is 15.4. The fourth-order valence-electron chi connectivity index (χ4n) is 2.89. The number of hydrogen-bond acceptors (Lipinski definition) is 0. The molecule has 0 spiro atoms. The summed E-state index contributed by atoms with van der Waals surface area (Å²) in [4.78, 5) is 0. The first-order valence-corrected chi connectivity index (χ1v) is 10.4. The Labute approximate surface area is 131 Å². The molecular formula is C18H39Al. The summed E-state index contributed by atoms with van der Waals surface area (Å²) < 4.78 is 2.07. The van der Waals surface area contributed by atoms with Crippen LogP contribution in [0, 0.1) is 0 Å². The van der Waals surface area contributed by atoms with Crippen LogP contribution in [0.25, 0.3) is 0 Å². The van der Waals surface area contributed by atoms with Crippen LogP contribution in [-0.2, 0) is 0 Å². The normalized spacial score (nSPS) is 14.1. The van der Waals surface area contributed by atoms with Gasteiger partial charge in [-0.3, -0.25) is 0 Å². The minimum absolute atomic E-state index is 0. The van der Waals surface area contributed by atoms with Gasteiger partial charge in [-0.05, 0) is 0 Å². The number of rotatable bonds is 14. The van der Waals surface area contributed by atoms with E-state index in [1.165, 1.54) is 77.0 Å². The van der Waals surface area contributed by atoms with Crippen molar-refractivity contribution in [3.05, 3.63) is 0 Å². The van der Waals surface area contributed by atoms with Crippen molar-refractivity contribution in [3.8, 4) is 0 Å². The summed E-state index contributed by atoms with van der Waals surface area (Å²) in [7, 11) is 0. The van der Waals surface area contributed by atoms with Crippen molar-refractivity contribution in [1.29, 1.82) is 0 Å². The van der Waals surface area contributed by atoms with Gasteiger partial charge < -0.3 is 1.43 Å². The molecule has 0 nitrogen and oxygen atoms in total. The maximum absolute atomic E-state index is 2.50. The Bertz CT molecular complexity index is 155. The molecule has 0 aromatic heterocycles. The average molecular weight is 282 g/mol. The van der Waals surface area contributed by atoms with Gasteiger partial charge in [0.15, 0.2) is 0 Å². The molecule has 0 fully saturated rings. The third-order valence-electron chi connectivity index (χ3n) is 4.18. The van der Waals surface area contributed by atoms with Gasteiger partial charge in [0.2, 0.25) is 0 Å². The Morgan fingerprint density at radius 1 is 0.632 bits per heavy atom. The van der Waals surface area contributed by atoms with Crippen molar-refractivity contribution in [2.24, 2.45) is 0 Å². The van der Waals surface area contributed by atoms with E-state index >= 15 is 0 Å². The van der Waals surface area contributed by atoms with Gasteiger partial charge in [0.25, 0.3) is 0 Å². The van der Waals surface area contributed by atoms with Gasteiger partial charge in [-0.1, -0.05) is 0 Å². The summed E-state index contributed by atoms with van der Waals surface area (Å²) in [6, 6.07) is 0. The second-order valence-corrected chi connectivity index (χ2v) is 9.21. The molecule has 0 radical (unpaired) electrons. The Morgan fingerprint density at radius 3 is 1.37 bits per heavy atom. The molecule has 0 aromatic rings. The van der Waals surface area contributed by atoms with Gasteiger partial charge in [0, 0.05) is 0 Å². The predicted molar refractivity (Wildman–Crippen MR) is 92.5 cm³/mol. The predicted octanol–water partition coefficient (Wildman–Crippen LogP) is 7.14. The SMILES string of the molecule is CCCCCCC[CH](C)[Al+][CH](C)CCCCCCC.[H-]. The molecule has 0 bridgehead atoms. The minimum Gasteiger partial charge on any atom is -1.00 e. The van der Waals surface area contributed by atoms with E-state index in [0.717, 1.165) is 9.56 Å². The summed E-state index contributed by atoms with van der Waals surface area (Å²) in [5.74, 6) is 0. The Balaban J connectivity index is 0. The second-order valence-electron chi connectivity index (χ2n) is 6.55. The van der Waals surface area contributed by atoms with Crippen molar-refractivity contribution in [1.82, 2.24) is 0 Å². The van der Waals surface area contributed by atoms with E-state index in [4.69, 9.17) is 0 Å². The molecule has 19 heavy (non-hydrogen) atoms. The Morgan fingerprint density at radius 2 is 1.00 bits per heavy atom. The summed E-state index contributed by atoms with van der Waals surface area (Å²) in [6.07, 6.45) is 17.5. The van der Waals surface area contributed by atoms with E-state index in [-0.39, 0.29) is 1.43 Å². The van der Waals surface area contributed by atoms with Crippen molar-refractivity contribution in [3.63, 3.8) is 0 Å². The molecule has 0 saturated carbocycles. The third-order valence-corrected chi connectivity index (χ3v) is 6.16. The molecule has 0 aliphatic heterocycles. The molecule has 0 heterocycles. The first kappa shape index (κ1) is 19.5. The summed E-state index contributed by atoms with van der Waals surface area (Å²) in [5.41, 5.74) is 0. The summed E-state index contributed by atoms with van der Waals surface area (Å²) in [5, 5.41) is 0. The monoisotopic (exact) mass is 282 g/mol. The van der Waals surface area contributed by atoms with Crippen LogP contribution in [0.5, 0.6) is 0 Å². The van der Waals surface area contributed by atoms with Crippen molar-refractivity contribution in [2.75, 3.05) is 0 Å². The van der Waals surface area contributed by atoms with Crippen LogP contribution in [0.1, 0.15) is 106 Å². The zero-order valence-electron chi connectivity index (χ0n) is 15.2. The molecular weight excluding hydrogens is 243 g/mol. The second kappa shape index (κ2) is 14.9. The summed E-state index contributed by atoms with van der Waals surface area (Å²) in [6.45, 7) is 9.61. The average Bonchev–Trinajstić information content (AvgIpc) is 2.38. The van der Waals surface area contributed by atoms with Gasteiger partial charge in [-0.15, -0.1) is 0 Å². The smallest absolute Gasteiger partial charge is 1.00 e. The molecule has 0 aromatic carbocycles. The number of hydrogen-bond donors (Lipinski definition) is 0. The van der Waals surface area contributed by atoms with E-state index in [9.17, 15) is 0 Å². The molecule has 0 amide bonds. The van der Waals surface area contributed by atoms with Crippen LogP contribution >= 0.6 is 0 Å². The van der Waals surface area contributed by atoms with Gasteiger partial charge >= 0.3 is 130 Å². The van der Waals surface area contributed by atoms with Crippen LogP contribution in [0.2, 0.25) is 9.56 Å². The van der Waals surface area contributed by atoms with E-state index in [1.54, 1.807) is 0 Å². The maximum Gasteiger partial charge on any atom is -1.00 e. The fraction of sp³-hybridized carbons (Fsp3) is 1.00. The van der Waals surface area contributed by atoms with E-state index < -0.39 is 0 Å². The third kappa shape index (κ3) is 14.7. The van der Waals surface area contributed by atoms with Gasteiger partial charge in [0.1, 0.15) is 0 Å². The largest absolute Gasteiger partial charge is 1.00 e. The van der Waals surface area contributed by atoms with Crippen LogP contribution in [0.4, 0.5) is 0 Å². The van der Waals surface area contributed by atoms with Crippen LogP contribution < -0.4 is 0 Å². The van der Waals surface area contributed by atoms with Crippen LogP contribution in [0.3, 0.4) is 0 Å². The standard InChI is InChI=1S/2C9H19.Al.H/c2*1-3-5-7-9-8-6-4-2;;/h2*3H,4-9H2,1-2H3;;/q;;+1;-1. The van der Waals surface area contributed by atoms with E-state index in [1.807, 2.05) is 0 Å². The van der Waals surface area contributed by atoms with Crippen molar-refractivity contribution >= 4 is 15.2 Å². The van der Waals surface area contributed by atoms with Gasteiger partial charge in [-0.2, -0.15) is 0 Å². The van der Waals surface area contributed by atoms with Crippen LogP contribution in [-0.4, -0.2) is 15.2 Å². The van der Waals surface area contributed by atoms with Crippen molar-refractivity contribution < 1.29 is 1.43 Å². The van der Waals surface area contributed by atoms with Gasteiger partial charge in [0.05, 0.1) is 0 Å². The molecule has 0 rings (SSSR count). The Hall–Kier alpha value is 0.532. The first-order chi connectivity index (χ1) is 9.20. The summed E-state index contributed by atoms with van der Waals surface area (Å²) >= 11 is 0.693. The molecule has 2 unspecified atom stereocenters. The molecule has 2 atom stereocenters. The molecule has 114 valence electrons.